The number of amides is 1. The van der Waals surface area contributed by atoms with Crippen molar-refractivity contribution in [2.45, 2.75) is 17.7 Å². The Morgan fingerprint density at radius 2 is 1.74 bits per heavy atom. The second-order valence-corrected chi connectivity index (χ2v) is 8.83. The summed E-state index contributed by atoms with van der Waals surface area (Å²) < 4.78 is 31.8. The molecular weight excluding hydrogens is 411 g/mol. The van der Waals surface area contributed by atoms with Gasteiger partial charge in [0.25, 0.3) is 5.91 Å². The fraction of sp³-hybridized carbons (Fsp3) is 0.278. The van der Waals surface area contributed by atoms with Gasteiger partial charge in [0.15, 0.2) is 6.61 Å². The minimum absolute atomic E-state index is 0.212. The van der Waals surface area contributed by atoms with E-state index in [1.54, 1.807) is 24.3 Å². The Kier molecular flexibility index (Phi) is 6.26. The molecule has 1 heterocycles. The number of nitrogens with one attached hydrogen (secondary N) is 1. The van der Waals surface area contributed by atoms with Gasteiger partial charge in [0, 0.05) is 29.9 Å². The third-order valence-electron chi connectivity index (χ3n) is 4.09. The lowest BCUT2D eigenvalue weighted by atomic mass is 10.3. The van der Waals surface area contributed by atoms with E-state index in [9.17, 15) is 13.2 Å². The molecule has 0 aromatic heterocycles. The minimum Gasteiger partial charge on any atom is -0.482 e. The molecule has 9 heteroatoms. The highest BCUT2D eigenvalue weighted by molar-refractivity contribution is 7.89. The summed E-state index contributed by atoms with van der Waals surface area (Å²) in [7, 11) is -3.47. The maximum atomic E-state index is 12.5. The van der Waals surface area contributed by atoms with E-state index in [4.69, 9.17) is 27.9 Å². The van der Waals surface area contributed by atoms with Crippen molar-refractivity contribution in [3.8, 4) is 5.75 Å². The highest BCUT2D eigenvalue weighted by atomic mass is 35.5. The standard InChI is InChI=1S/C18H18Cl2N2O4S/c19-13-3-8-16(20)17(11-13)26-12-18(23)21-14-4-6-15(7-5-14)27(24,25)22-9-1-2-10-22/h3-8,11H,1-2,9-10,12H2,(H,21,23). The van der Waals surface area contributed by atoms with Crippen LogP contribution in [-0.2, 0) is 14.8 Å². The number of hydrogen-bond donors (Lipinski definition) is 1. The molecule has 0 aliphatic carbocycles. The second kappa shape index (κ2) is 8.48. The van der Waals surface area contributed by atoms with Crippen molar-refractivity contribution in [3.63, 3.8) is 0 Å². The fourth-order valence-corrected chi connectivity index (χ4v) is 4.57. The van der Waals surface area contributed by atoms with Gasteiger partial charge in [-0.15, -0.1) is 0 Å². The summed E-state index contributed by atoms with van der Waals surface area (Å²) in [5.41, 5.74) is 0.473. The topological polar surface area (TPSA) is 75.7 Å². The Morgan fingerprint density at radius 3 is 2.41 bits per heavy atom. The fourth-order valence-electron chi connectivity index (χ4n) is 2.72. The number of ether oxygens (including phenoxy) is 1. The number of halogens is 2. The molecule has 1 saturated heterocycles. The van der Waals surface area contributed by atoms with E-state index in [-0.39, 0.29) is 11.5 Å². The number of anilines is 1. The lowest BCUT2D eigenvalue weighted by molar-refractivity contribution is -0.118. The van der Waals surface area contributed by atoms with Crippen LogP contribution < -0.4 is 10.1 Å². The van der Waals surface area contributed by atoms with Gasteiger partial charge < -0.3 is 10.1 Å². The zero-order valence-electron chi connectivity index (χ0n) is 14.3. The van der Waals surface area contributed by atoms with Crippen LogP contribution in [0.1, 0.15) is 12.8 Å². The predicted molar refractivity (Wildman–Crippen MR) is 105 cm³/mol. The summed E-state index contributed by atoms with van der Waals surface area (Å²) in [6.45, 7) is 0.836. The Labute approximate surface area is 168 Å². The number of carbonyl (C=O) groups excluding carboxylic acids is 1. The molecule has 1 N–H and O–H groups in total. The molecule has 0 atom stereocenters. The molecule has 1 aliphatic heterocycles. The van der Waals surface area contributed by atoms with E-state index < -0.39 is 15.9 Å². The zero-order valence-corrected chi connectivity index (χ0v) is 16.6. The third-order valence-corrected chi connectivity index (χ3v) is 6.55. The molecule has 27 heavy (non-hydrogen) atoms. The molecular formula is C18H18Cl2N2O4S. The number of nitrogens with zero attached hydrogens (tertiary/aromatic N) is 1. The van der Waals surface area contributed by atoms with Gasteiger partial charge >= 0.3 is 0 Å². The van der Waals surface area contributed by atoms with Crippen LogP contribution in [0.5, 0.6) is 5.75 Å². The molecule has 2 aromatic carbocycles. The average Bonchev–Trinajstić information content (AvgIpc) is 3.18. The highest BCUT2D eigenvalue weighted by Gasteiger charge is 2.26. The van der Waals surface area contributed by atoms with E-state index in [0.29, 0.717) is 34.6 Å². The van der Waals surface area contributed by atoms with Crippen LogP contribution in [0, 0.1) is 0 Å². The first-order chi connectivity index (χ1) is 12.9. The Hall–Kier alpha value is -1.80. The first-order valence-electron chi connectivity index (χ1n) is 8.34. The molecule has 0 unspecified atom stereocenters. The summed E-state index contributed by atoms with van der Waals surface area (Å²) in [6, 6.07) is 10.8. The van der Waals surface area contributed by atoms with Crippen molar-refractivity contribution in [2.75, 3.05) is 25.0 Å². The van der Waals surface area contributed by atoms with Gasteiger partial charge in [-0.3, -0.25) is 4.79 Å². The predicted octanol–water partition coefficient (Wildman–Crippen LogP) is 3.80. The van der Waals surface area contributed by atoms with E-state index >= 15 is 0 Å². The normalized spacial score (nSPS) is 14.9. The summed E-state index contributed by atoms with van der Waals surface area (Å²) >= 11 is 11.8. The number of sulfonamides is 1. The molecule has 0 bridgehead atoms. The third kappa shape index (κ3) is 4.93. The van der Waals surface area contributed by atoms with E-state index in [1.165, 1.54) is 22.5 Å². The van der Waals surface area contributed by atoms with Crippen molar-refractivity contribution in [1.29, 1.82) is 0 Å². The van der Waals surface area contributed by atoms with Gasteiger partial charge in [0.2, 0.25) is 10.0 Å². The Balaban J connectivity index is 1.59. The van der Waals surface area contributed by atoms with Gasteiger partial charge in [0.1, 0.15) is 5.75 Å². The molecule has 1 aliphatic rings. The monoisotopic (exact) mass is 428 g/mol. The molecule has 1 amide bonds. The molecule has 1 fully saturated rings. The van der Waals surface area contributed by atoms with Crippen molar-refractivity contribution < 1.29 is 17.9 Å². The minimum atomic E-state index is -3.47. The van der Waals surface area contributed by atoms with Gasteiger partial charge in [0.05, 0.1) is 9.92 Å². The van der Waals surface area contributed by atoms with Crippen LogP contribution in [0.3, 0.4) is 0 Å². The molecule has 0 radical (unpaired) electrons. The highest BCUT2D eigenvalue weighted by Crippen LogP contribution is 2.27. The van der Waals surface area contributed by atoms with Crippen LogP contribution in [-0.4, -0.2) is 38.3 Å². The first-order valence-corrected chi connectivity index (χ1v) is 10.5. The van der Waals surface area contributed by atoms with Crippen molar-refractivity contribution in [3.05, 3.63) is 52.5 Å². The van der Waals surface area contributed by atoms with Crippen molar-refractivity contribution >= 4 is 44.8 Å². The zero-order chi connectivity index (χ0) is 19.4. The molecule has 0 spiro atoms. The summed E-state index contributed by atoms with van der Waals surface area (Å²) in [6.07, 6.45) is 1.76. The van der Waals surface area contributed by atoms with Crippen LogP contribution in [0.15, 0.2) is 47.4 Å². The number of benzene rings is 2. The van der Waals surface area contributed by atoms with E-state index in [1.807, 2.05) is 0 Å². The van der Waals surface area contributed by atoms with Crippen molar-refractivity contribution in [1.82, 2.24) is 4.31 Å². The number of hydrogen-bond acceptors (Lipinski definition) is 4. The number of carbonyl (C=O) groups is 1. The average molecular weight is 429 g/mol. The summed E-state index contributed by atoms with van der Waals surface area (Å²) in [5, 5.41) is 3.45. The molecule has 3 rings (SSSR count). The van der Waals surface area contributed by atoms with E-state index in [0.717, 1.165) is 12.8 Å². The Bertz CT molecular complexity index is 927. The molecule has 144 valence electrons. The quantitative estimate of drug-likeness (QED) is 0.758. The van der Waals surface area contributed by atoms with Crippen LogP contribution in [0.2, 0.25) is 10.0 Å². The second-order valence-electron chi connectivity index (χ2n) is 6.05. The smallest absolute Gasteiger partial charge is 0.262 e. The van der Waals surface area contributed by atoms with Gasteiger partial charge in [-0.2, -0.15) is 4.31 Å². The first kappa shape index (κ1) is 19.9. The lowest BCUT2D eigenvalue weighted by Crippen LogP contribution is -2.27. The largest absolute Gasteiger partial charge is 0.482 e. The van der Waals surface area contributed by atoms with Crippen LogP contribution >= 0.6 is 23.2 Å². The molecule has 6 nitrogen and oxygen atoms in total. The van der Waals surface area contributed by atoms with Crippen LogP contribution in [0.25, 0.3) is 0 Å². The summed E-state index contributed by atoms with van der Waals surface area (Å²) in [5.74, 6) is -0.0902. The lowest BCUT2D eigenvalue weighted by Gasteiger charge is -2.15. The number of rotatable bonds is 6. The SMILES string of the molecule is O=C(COc1cc(Cl)ccc1Cl)Nc1ccc(S(=O)(=O)N2CCCC2)cc1. The molecule has 0 saturated carbocycles. The van der Waals surface area contributed by atoms with E-state index in [2.05, 4.69) is 5.32 Å². The van der Waals surface area contributed by atoms with Crippen LogP contribution in [0.4, 0.5) is 5.69 Å². The van der Waals surface area contributed by atoms with Gasteiger partial charge in [-0.05, 0) is 49.2 Å². The van der Waals surface area contributed by atoms with Gasteiger partial charge in [-0.1, -0.05) is 23.2 Å². The summed E-state index contributed by atoms with van der Waals surface area (Å²) in [4.78, 5) is 12.2. The van der Waals surface area contributed by atoms with Crippen molar-refractivity contribution in [2.24, 2.45) is 0 Å². The Morgan fingerprint density at radius 1 is 1.07 bits per heavy atom. The maximum Gasteiger partial charge on any atom is 0.262 e. The maximum absolute atomic E-state index is 12.5. The van der Waals surface area contributed by atoms with Gasteiger partial charge in [-0.25, -0.2) is 8.42 Å². The molecule has 2 aromatic rings.